The van der Waals surface area contributed by atoms with Crippen molar-refractivity contribution in [2.45, 2.75) is 6.92 Å². The monoisotopic (exact) mass is 189 g/mol. The highest BCUT2D eigenvalue weighted by Crippen LogP contribution is 2.12. The van der Waals surface area contributed by atoms with Gasteiger partial charge in [-0.2, -0.15) is 0 Å². The Labute approximate surface area is 60.2 Å². The lowest BCUT2D eigenvalue weighted by atomic mass is 10.4. The van der Waals surface area contributed by atoms with E-state index in [4.69, 9.17) is 4.42 Å². The maximum absolute atomic E-state index is 10.1. The molecule has 1 heterocycles. The SMILES string of the molecule is Cc1oc(Br)nc1C=O. The van der Waals surface area contributed by atoms with Crippen LogP contribution in [-0.4, -0.2) is 11.3 Å². The number of rotatable bonds is 1. The molecule has 0 aliphatic carbocycles. The van der Waals surface area contributed by atoms with E-state index in [1.54, 1.807) is 6.92 Å². The van der Waals surface area contributed by atoms with E-state index in [9.17, 15) is 4.79 Å². The minimum Gasteiger partial charge on any atom is -0.436 e. The number of aromatic nitrogens is 1. The Hall–Kier alpha value is -0.640. The lowest BCUT2D eigenvalue weighted by Crippen LogP contribution is -1.79. The molecule has 0 bridgehead atoms. The number of aldehydes is 1. The van der Waals surface area contributed by atoms with E-state index < -0.39 is 0 Å². The summed E-state index contributed by atoms with van der Waals surface area (Å²) in [7, 11) is 0. The van der Waals surface area contributed by atoms with Crippen molar-refractivity contribution >= 4 is 22.2 Å². The van der Waals surface area contributed by atoms with E-state index in [0.29, 0.717) is 22.5 Å². The molecule has 0 aromatic carbocycles. The molecule has 0 fully saturated rings. The van der Waals surface area contributed by atoms with E-state index in [0.717, 1.165) is 0 Å². The summed E-state index contributed by atoms with van der Waals surface area (Å²) >= 11 is 2.99. The van der Waals surface area contributed by atoms with Crippen LogP contribution in [0.3, 0.4) is 0 Å². The molecule has 48 valence electrons. The Balaban J connectivity index is 3.15. The minimum absolute atomic E-state index is 0.349. The molecule has 0 unspecified atom stereocenters. The van der Waals surface area contributed by atoms with E-state index >= 15 is 0 Å². The summed E-state index contributed by atoms with van der Waals surface area (Å²) in [4.78, 5) is 14.2. The van der Waals surface area contributed by atoms with Gasteiger partial charge in [0, 0.05) is 15.9 Å². The van der Waals surface area contributed by atoms with Crippen molar-refractivity contribution in [3.8, 4) is 0 Å². The van der Waals surface area contributed by atoms with Crippen LogP contribution in [0.1, 0.15) is 16.2 Å². The Kier molecular flexibility index (Phi) is 1.66. The Morgan fingerprint density at radius 1 is 1.78 bits per heavy atom. The first kappa shape index (κ1) is 6.48. The summed E-state index contributed by atoms with van der Waals surface area (Å²) in [5.74, 6) is 0.539. The van der Waals surface area contributed by atoms with Crippen LogP contribution in [0.2, 0.25) is 0 Å². The van der Waals surface area contributed by atoms with Gasteiger partial charge in [-0.15, -0.1) is 0 Å². The van der Waals surface area contributed by atoms with E-state index in [1.807, 2.05) is 0 Å². The van der Waals surface area contributed by atoms with Gasteiger partial charge in [-0.1, -0.05) is 0 Å². The molecule has 0 saturated carbocycles. The van der Waals surface area contributed by atoms with Crippen LogP contribution in [-0.2, 0) is 0 Å². The zero-order valence-corrected chi connectivity index (χ0v) is 6.31. The van der Waals surface area contributed by atoms with Gasteiger partial charge in [-0.3, -0.25) is 4.79 Å². The van der Waals surface area contributed by atoms with Gasteiger partial charge in [-0.05, 0) is 6.92 Å². The second kappa shape index (κ2) is 2.31. The molecule has 3 nitrogen and oxygen atoms in total. The highest BCUT2D eigenvalue weighted by molar-refractivity contribution is 9.10. The molecule has 0 amide bonds. The number of carbonyl (C=O) groups is 1. The number of carbonyl (C=O) groups excluding carboxylic acids is 1. The fraction of sp³-hybridized carbons (Fsp3) is 0.200. The maximum atomic E-state index is 10.1. The third-order valence-corrected chi connectivity index (χ3v) is 1.26. The Bertz CT molecular complexity index is 231. The van der Waals surface area contributed by atoms with Crippen molar-refractivity contribution in [2.24, 2.45) is 0 Å². The van der Waals surface area contributed by atoms with Crippen molar-refractivity contribution in [3.63, 3.8) is 0 Å². The summed E-state index contributed by atoms with van der Waals surface area (Å²) in [5.41, 5.74) is 0.349. The molecule has 4 heteroatoms. The molecule has 0 aliphatic heterocycles. The average Bonchev–Trinajstić information content (AvgIpc) is 2.10. The van der Waals surface area contributed by atoms with Crippen LogP contribution < -0.4 is 0 Å². The second-order valence-electron chi connectivity index (χ2n) is 1.53. The van der Waals surface area contributed by atoms with Crippen molar-refractivity contribution in [2.75, 3.05) is 0 Å². The van der Waals surface area contributed by atoms with Crippen molar-refractivity contribution in [3.05, 3.63) is 16.3 Å². The number of aryl methyl sites for hydroxylation is 1. The lowest BCUT2D eigenvalue weighted by molar-refractivity contribution is 0.111. The highest BCUT2D eigenvalue weighted by Gasteiger charge is 2.03. The third-order valence-electron chi connectivity index (χ3n) is 0.918. The Morgan fingerprint density at radius 3 is 2.67 bits per heavy atom. The van der Waals surface area contributed by atoms with Gasteiger partial charge in [0.2, 0.25) is 0 Å². The number of nitrogens with zero attached hydrogens (tertiary/aromatic N) is 1. The molecule has 9 heavy (non-hydrogen) atoms. The highest BCUT2D eigenvalue weighted by atomic mass is 79.9. The van der Waals surface area contributed by atoms with E-state index in [2.05, 4.69) is 20.9 Å². The molecule has 1 aromatic heterocycles. The summed E-state index contributed by atoms with van der Waals surface area (Å²) in [5, 5.41) is 0. The van der Waals surface area contributed by atoms with Crippen molar-refractivity contribution in [1.82, 2.24) is 4.98 Å². The van der Waals surface area contributed by atoms with Crippen molar-refractivity contribution in [1.29, 1.82) is 0 Å². The van der Waals surface area contributed by atoms with Crippen LogP contribution in [0, 0.1) is 6.92 Å². The zero-order valence-electron chi connectivity index (χ0n) is 4.72. The first-order valence-corrected chi connectivity index (χ1v) is 3.11. The summed E-state index contributed by atoms with van der Waals surface area (Å²) in [6.07, 6.45) is 0.656. The molecular formula is C5H4BrNO2. The van der Waals surface area contributed by atoms with Gasteiger partial charge in [0.25, 0.3) is 4.80 Å². The van der Waals surface area contributed by atoms with Gasteiger partial charge in [0.05, 0.1) is 0 Å². The zero-order chi connectivity index (χ0) is 6.85. The van der Waals surface area contributed by atoms with Crippen LogP contribution in [0.5, 0.6) is 0 Å². The third kappa shape index (κ3) is 1.18. The molecule has 0 saturated heterocycles. The molecule has 1 rings (SSSR count). The fourth-order valence-electron chi connectivity index (χ4n) is 0.484. The molecular weight excluding hydrogens is 186 g/mol. The number of hydrogen-bond acceptors (Lipinski definition) is 3. The number of halogens is 1. The van der Waals surface area contributed by atoms with Gasteiger partial charge in [-0.25, -0.2) is 4.98 Å². The van der Waals surface area contributed by atoms with E-state index in [-0.39, 0.29) is 0 Å². The minimum atomic E-state index is 0.349. The van der Waals surface area contributed by atoms with Crippen molar-refractivity contribution < 1.29 is 9.21 Å². The molecule has 0 radical (unpaired) electrons. The standard InChI is InChI=1S/C5H4BrNO2/c1-3-4(2-8)7-5(6)9-3/h2H,1H3. The predicted molar refractivity (Wildman–Crippen MR) is 34.3 cm³/mol. The normalized spacial score (nSPS) is 9.56. The fourth-order valence-corrected chi connectivity index (χ4v) is 0.918. The largest absolute Gasteiger partial charge is 0.436 e. The summed E-state index contributed by atoms with van der Waals surface area (Å²) in [6.45, 7) is 1.68. The average molecular weight is 190 g/mol. The summed E-state index contributed by atoms with van der Waals surface area (Å²) < 4.78 is 4.88. The Morgan fingerprint density at radius 2 is 2.44 bits per heavy atom. The topological polar surface area (TPSA) is 43.1 Å². The molecule has 1 aromatic rings. The predicted octanol–water partition coefficient (Wildman–Crippen LogP) is 1.56. The van der Waals surface area contributed by atoms with Crippen LogP contribution in [0.15, 0.2) is 9.22 Å². The van der Waals surface area contributed by atoms with Gasteiger partial charge >= 0.3 is 0 Å². The molecule has 0 atom stereocenters. The maximum Gasteiger partial charge on any atom is 0.264 e. The van der Waals surface area contributed by atoms with Gasteiger partial charge in [0.1, 0.15) is 11.5 Å². The molecule has 0 N–H and O–H groups in total. The van der Waals surface area contributed by atoms with E-state index in [1.165, 1.54) is 0 Å². The summed E-state index contributed by atoms with van der Waals surface area (Å²) in [6, 6.07) is 0. The quantitative estimate of drug-likeness (QED) is 0.631. The first-order chi connectivity index (χ1) is 4.24. The van der Waals surface area contributed by atoms with Crippen LogP contribution in [0.25, 0.3) is 0 Å². The number of hydrogen-bond donors (Lipinski definition) is 0. The molecule has 0 aliphatic rings. The van der Waals surface area contributed by atoms with Crippen LogP contribution in [0.4, 0.5) is 0 Å². The molecule has 0 spiro atoms. The van der Waals surface area contributed by atoms with Crippen LogP contribution >= 0.6 is 15.9 Å². The first-order valence-electron chi connectivity index (χ1n) is 2.32. The van der Waals surface area contributed by atoms with Gasteiger partial charge in [0.15, 0.2) is 6.29 Å². The second-order valence-corrected chi connectivity index (χ2v) is 2.20. The smallest absolute Gasteiger partial charge is 0.264 e. The lowest BCUT2D eigenvalue weighted by Gasteiger charge is -1.76. The van der Waals surface area contributed by atoms with Gasteiger partial charge < -0.3 is 4.42 Å². The number of oxazole rings is 1.